The third-order valence-corrected chi connectivity index (χ3v) is 9.35. The van der Waals surface area contributed by atoms with Crippen LogP contribution in [-0.4, -0.2) is 77.0 Å². The number of halogens is 2. The predicted molar refractivity (Wildman–Crippen MR) is 195 cm³/mol. The Morgan fingerprint density at radius 3 is 1.90 bits per heavy atom. The number of hydrogen-bond acceptors (Lipinski definition) is 8. The van der Waals surface area contributed by atoms with Crippen molar-refractivity contribution in [1.82, 2.24) is 30.6 Å². The summed E-state index contributed by atoms with van der Waals surface area (Å²) in [6.07, 6.45) is 0. The first kappa shape index (κ1) is 36.5. The van der Waals surface area contributed by atoms with Gasteiger partial charge in [-0.3, -0.25) is 24.2 Å². The number of rotatable bonds is 13. The summed E-state index contributed by atoms with van der Waals surface area (Å²) in [7, 11) is 1.37. The van der Waals surface area contributed by atoms with Gasteiger partial charge in [0.15, 0.2) is 0 Å². The molecule has 3 N–H and O–H groups in total. The number of hydroxylamine groups is 1. The molecule has 0 aliphatic carbocycles. The minimum Gasteiger partial charge on any atom is -0.358 e. The summed E-state index contributed by atoms with van der Waals surface area (Å²) in [5, 5.41) is 8.56. The molecule has 12 heteroatoms. The van der Waals surface area contributed by atoms with Crippen molar-refractivity contribution >= 4 is 51.7 Å². The van der Waals surface area contributed by atoms with E-state index in [0.29, 0.717) is 28.2 Å². The van der Waals surface area contributed by atoms with E-state index in [9.17, 15) is 9.59 Å². The molecule has 2 unspecified atom stereocenters. The van der Waals surface area contributed by atoms with Gasteiger partial charge in [-0.05, 0) is 59.4 Å². The van der Waals surface area contributed by atoms with Crippen molar-refractivity contribution in [3.63, 3.8) is 0 Å². The molecule has 2 amide bonds. The number of amides is 2. The van der Waals surface area contributed by atoms with E-state index in [4.69, 9.17) is 38.0 Å². The minimum atomic E-state index is -0.758. The van der Waals surface area contributed by atoms with Crippen LogP contribution in [0.15, 0.2) is 72.8 Å². The Hall–Kier alpha value is -3.80. The van der Waals surface area contributed by atoms with E-state index in [1.165, 1.54) is 18.2 Å². The van der Waals surface area contributed by atoms with Crippen LogP contribution in [0.2, 0.25) is 10.0 Å². The number of benzene rings is 3. The number of hydrogen-bond donors (Lipinski definition) is 3. The van der Waals surface area contributed by atoms with Gasteiger partial charge in [-0.15, -0.1) is 0 Å². The highest BCUT2D eigenvalue weighted by atomic mass is 35.5. The number of nitrogens with one attached hydrogen (secondary N) is 3. The lowest BCUT2D eigenvalue weighted by atomic mass is 9.96. The fraction of sp³-hybridized carbons (Fsp3) is 0.405. The second kappa shape index (κ2) is 16.7. The second-order valence-electron chi connectivity index (χ2n) is 13.1. The van der Waals surface area contributed by atoms with E-state index >= 15 is 0 Å². The van der Waals surface area contributed by atoms with Crippen molar-refractivity contribution < 1.29 is 14.4 Å². The standard InChI is InChI=1S/C37H45Cl2N7O3/c1-23(2)32(36(47)43-33(24(3)4)37(48)44-49-5)42-35-29-8-6-7-9-30(29)40-31(41-35)22-45-18-20-46(21-19-45)34(25-10-14-27(38)15-11-25)26-12-16-28(39)17-13-26/h6-17,23-24,32-34H,18-22H2,1-5H3,(H,43,47)(H,44,48)(H,40,41,42). The number of anilines is 1. The van der Waals surface area contributed by atoms with Crippen LogP contribution < -0.4 is 16.1 Å². The Labute approximate surface area is 298 Å². The lowest BCUT2D eigenvalue weighted by Gasteiger charge is -2.39. The maximum atomic E-state index is 13.6. The molecule has 2 atom stereocenters. The number of fused-ring (bicyclic) bond motifs is 1. The smallest absolute Gasteiger partial charge is 0.266 e. The van der Waals surface area contributed by atoms with E-state index in [0.717, 1.165) is 37.1 Å². The van der Waals surface area contributed by atoms with Gasteiger partial charge in [0.1, 0.15) is 23.7 Å². The van der Waals surface area contributed by atoms with E-state index < -0.39 is 18.0 Å². The molecule has 1 aromatic heterocycles. The lowest BCUT2D eigenvalue weighted by molar-refractivity contribution is -0.138. The van der Waals surface area contributed by atoms with Gasteiger partial charge in [-0.2, -0.15) is 0 Å². The van der Waals surface area contributed by atoms with Crippen LogP contribution in [0.25, 0.3) is 10.9 Å². The van der Waals surface area contributed by atoms with Crippen molar-refractivity contribution in [3.8, 4) is 0 Å². The highest BCUT2D eigenvalue weighted by Crippen LogP contribution is 2.32. The van der Waals surface area contributed by atoms with Gasteiger partial charge >= 0.3 is 0 Å². The van der Waals surface area contributed by atoms with Gasteiger partial charge in [0.05, 0.1) is 25.2 Å². The van der Waals surface area contributed by atoms with Crippen LogP contribution in [0.3, 0.4) is 0 Å². The number of para-hydroxylation sites is 1. The lowest BCUT2D eigenvalue weighted by Crippen LogP contribution is -2.54. The number of nitrogens with zero attached hydrogens (tertiary/aromatic N) is 4. The van der Waals surface area contributed by atoms with Gasteiger partial charge in [-0.25, -0.2) is 15.4 Å². The van der Waals surface area contributed by atoms with Crippen LogP contribution >= 0.6 is 23.2 Å². The zero-order chi connectivity index (χ0) is 35.1. The summed E-state index contributed by atoms with van der Waals surface area (Å²) >= 11 is 12.5. The van der Waals surface area contributed by atoms with Gasteiger partial charge in [0.25, 0.3) is 5.91 Å². The normalized spacial score (nSPS) is 15.5. The highest BCUT2D eigenvalue weighted by molar-refractivity contribution is 6.30. The molecule has 10 nitrogen and oxygen atoms in total. The summed E-state index contributed by atoms with van der Waals surface area (Å²) in [6, 6.07) is 22.6. The largest absolute Gasteiger partial charge is 0.358 e. The molecule has 49 heavy (non-hydrogen) atoms. The fourth-order valence-corrected chi connectivity index (χ4v) is 6.47. The first-order valence-electron chi connectivity index (χ1n) is 16.7. The van der Waals surface area contributed by atoms with E-state index in [1.54, 1.807) is 0 Å². The number of carbonyl (C=O) groups excluding carboxylic acids is 2. The third-order valence-electron chi connectivity index (χ3n) is 8.85. The molecule has 2 heterocycles. The molecule has 1 saturated heterocycles. The van der Waals surface area contributed by atoms with Gasteiger partial charge in [0.2, 0.25) is 5.91 Å². The van der Waals surface area contributed by atoms with Gasteiger partial charge in [0, 0.05) is 41.6 Å². The molecular weight excluding hydrogens is 661 g/mol. The number of aromatic nitrogens is 2. The SMILES string of the molecule is CONC(=O)C(NC(=O)C(Nc1nc(CN2CCN(C(c3ccc(Cl)cc3)c3ccc(Cl)cc3)CC2)nc2ccccc12)C(C)C)C(C)C. The van der Waals surface area contributed by atoms with Gasteiger partial charge in [-0.1, -0.05) is 87.3 Å². The summed E-state index contributed by atoms with van der Waals surface area (Å²) in [6.45, 7) is 11.6. The maximum absolute atomic E-state index is 13.6. The first-order valence-corrected chi connectivity index (χ1v) is 17.4. The Morgan fingerprint density at radius 1 is 0.776 bits per heavy atom. The Kier molecular flexibility index (Phi) is 12.5. The zero-order valence-electron chi connectivity index (χ0n) is 28.6. The summed E-state index contributed by atoms with van der Waals surface area (Å²) in [5.74, 6) is 0.307. The Balaban J connectivity index is 1.33. The molecule has 0 bridgehead atoms. The summed E-state index contributed by atoms with van der Waals surface area (Å²) in [5.41, 5.74) is 5.49. The molecule has 4 aromatic rings. The van der Waals surface area contributed by atoms with Crippen molar-refractivity contribution in [1.29, 1.82) is 0 Å². The van der Waals surface area contributed by atoms with Crippen LogP contribution in [0.4, 0.5) is 5.82 Å². The molecule has 0 saturated carbocycles. The Morgan fingerprint density at radius 2 is 1.35 bits per heavy atom. The van der Waals surface area contributed by atoms with E-state index in [-0.39, 0.29) is 23.8 Å². The second-order valence-corrected chi connectivity index (χ2v) is 14.0. The van der Waals surface area contributed by atoms with Crippen molar-refractivity contribution in [2.75, 3.05) is 38.6 Å². The minimum absolute atomic E-state index is 0.0689. The average molecular weight is 707 g/mol. The fourth-order valence-electron chi connectivity index (χ4n) is 6.21. The van der Waals surface area contributed by atoms with E-state index in [1.807, 2.05) is 76.2 Å². The van der Waals surface area contributed by atoms with E-state index in [2.05, 4.69) is 50.2 Å². The third kappa shape index (κ3) is 9.26. The van der Waals surface area contributed by atoms with Crippen LogP contribution in [0, 0.1) is 11.8 Å². The first-order chi connectivity index (χ1) is 23.5. The van der Waals surface area contributed by atoms with Crippen molar-refractivity contribution in [3.05, 3.63) is 99.8 Å². The monoisotopic (exact) mass is 705 g/mol. The van der Waals surface area contributed by atoms with Crippen LogP contribution in [-0.2, 0) is 21.0 Å². The van der Waals surface area contributed by atoms with Crippen LogP contribution in [0.5, 0.6) is 0 Å². The molecular formula is C37H45Cl2N7O3. The molecule has 1 fully saturated rings. The number of carbonyl (C=O) groups is 2. The molecule has 0 spiro atoms. The summed E-state index contributed by atoms with van der Waals surface area (Å²) in [4.78, 5) is 45.7. The quantitative estimate of drug-likeness (QED) is 0.143. The molecule has 1 aliphatic rings. The number of piperazine rings is 1. The highest BCUT2D eigenvalue weighted by Gasteiger charge is 2.31. The summed E-state index contributed by atoms with van der Waals surface area (Å²) < 4.78 is 0. The molecule has 3 aromatic carbocycles. The van der Waals surface area contributed by atoms with Crippen molar-refractivity contribution in [2.24, 2.45) is 11.8 Å². The topological polar surface area (TPSA) is 112 Å². The van der Waals surface area contributed by atoms with Crippen molar-refractivity contribution in [2.45, 2.75) is 52.4 Å². The molecule has 0 radical (unpaired) electrons. The Bertz CT molecular complexity index is 1670. The molecule has 5 rings (SSSR count). The molecule has 260 valence electrons. The average Bonchev–Trinajstić information content (AvgIpc) is 3.08. The predicted octanol–water partition coefficient (Wildman–Crippen LogP) is 6.10. The maximum Gasteiger partial charge on any atom is 0.266 e. The molecule has 1 aliphatic heterocycles. The zero-order valence-corrected chi connectivity index (χ0v) is 30.1. The van der Waals surface area contributed by atoms with Crippen LogP contribution in [0.1, 0.15) is 50.7 Å². The van der Waals surface area contributed by atoms with Gasteiger partial charge < -0.3 is 10.6 Å².